The summed E-state index contributed by atoms with van der Waals surface area (Å²) in [6.07, 6.45) is 1.68. The number of imide groups is 2. The van der Waals surface area contributed by atoms with Crippen molar-refractivity contribution in [3.05, 3.63) is 23.8 Å². The number of nitrogens with one attached hydrogen (secondary N) is 3. The van der Waals surface area contributed by atoms with Gasteiger partial charge >= 0.3 is 12.1 Å². The Hall–Kier alpha value is -3.30. The molecule has 150 valence electrons. The SMILES string of the molecule is CCCCNC(=O)NC(=O)CN1C(=O)N[C@@](C)(c2ccc3c(c2)OCO3)C1=O. The molecule has 2 aliphatic rings. The van der Waals surface area contributed by atoms with Crippen molar-refractivity contribution in [3.8, 4) is 11.5 Å². The van der Waals surface area contributed by atoms with Crippen LogP contribution in [0.1, 0.15) is 32.3 Å². The number of amides is 6. The molecule has 1 saturated heterocycles. The molecule has 28 heavy (non-hydrogen) atoms. The van der Waals surface area contributed by atoms with Crippen molar-refractivity contribution in [2.45, 2.75) is 32.2 Å². The molecule has 0 spiro atoms. The second kappa shape index (κ2) is 7.75. The number of hydrogen-bond donors (Lipinski definition) is 3. The number of carbonyl (C=O) groups excluding carboxylic acids is 4. The Bertz CT molecular complexity index is 826. The van der Waals surface area contributed by atoms with Gasteiger partial charge in [-0.1, -0.05) is 19.4 Å². The molecule has 0 aromatic heterocycles. The van der Waals surface area contributed by atoms with Crippen molar-refractivity contribution in [3.63, 3.8) is 0 Å². The van der Waals surface area contributed by atoms with Gasteiger partial charge in [-0.2, -0.15) is 0 Å². The molecule has 1 aromatic carbocycles. The van der Waals surface area contributed by atoms with Crippen molar-refractivity contribution in [1.82, 2.24) is 20.9 Å². The molecule has 3 rings (SSSR count). The van der Waals surface area contributed by atoms with Crippen LogP contribution >= 0.6 is 0 Å². The van der Waals surface area contributed by atoms with Crippen LogP contribution in [0, 0.1) is 0 Å². The number of unbranched alkanes of at least 4 members (excludes halogenated alkanes) is 1. The van der Waals surface area contributed by atoms with Gasteiger partial charge in [-0.15, -0.1) is 0 Å². The highest BCUT2D eigenvalue weighted by molar-refractivity contribution is 6.10. The highest BCUT2D eigenvalue weighted by atomic mass is 16.7. The summed E-state index contributed by atoms with van der Waals surface area (Å²) < 4.78 is 10.6. The van der Waals surface area contributed by atoms with Crippen LogP contribution in [0.2, 0.25) is 0 Å². The normalized spacial score (nSPS) is 20.1. The molecule has 1 aromatic rings. The van der Waals surface area contributed by atoms with E-state index in [0.29, 0.717) is 23.6 Å². The van der Waals surface area contributed by atoms with Gasteiger partial charge in [0, 0.05) is 6.54 Å². The lowest BCUT2D eigenvalue weighted by Gasteiger charge is -2.22. The summed E-state index contributed by atoms with van der Waals surface area (Å²) in [5.41, 5.74) is -0.864. The summed E-state index contributed by atoms with van der Waals surface area (Å²) >= 11 is 0. The molecule has 0 saturated carbocycles. The lowest BCUT2D eigenvalue weighted by atomic mass is 9.91. The van der Waals surface area contributed by atoms with Crippen molar-refractivity contribution in [2.75, 3.05) is 19.9 Å². The first-order valence-electron chi connectivity index (χ1n) is 8.97. The maximum absolute atomic E-state index is 12.9. The topological polar surface area (TPSA) is 126 Å². The minimum atomic E-state index is -1.36. The number of benzene rings is 1. The Morgan fingerprint density at radius 3 is 2.75 bits per heavy atom. The lowest BCUT2D eigenvalue weighted by molar-refractivity contribution is -0.134. The Morgan fingerprint density at radius 2 is 2.00 bits per heavy atom. The molecule has 2 heterocycles. The summed E-state index contributed by atoms with van der Waals surface area (Å²) in [4.78, 5) is 49.6. The maximum Gasteiger partial charge on any atom is 0.325 e. The van der Waals surface area contributed by atoms with E-state index in [1.807, 2.05) is 6.92 Å². The van der Waals surface area contributed by atoms with Gasteiger partial charge in [-0.3, -0.25) is 19.8 Å². The van der Waals surface area contributed by atoms with Crippen molar-refractivity contribution < 1.29 is 28.7 Å². The van der Waals surface area contributed by atoms with Crippen LogP contribution in [0.5, 0.6) is 11.5 Å². The van der Waals surface area contributed by atoms with E-state index in [-0.39, 0.29) is 6.79 Å². The minimum Gasteiger partial charge on any atom is -0.454 e. The van der Waals surface area contributed by atoms with Crippen LogP contribution in [0.25, 0.3) is 0 Å². The molecule has 3 N–H and O–H groups in total. The average Bonchev–Trinajstić information content (AvgIpc) is 3.20. The fraction of sp³-hybridized carbons (Fsp3) is 0.444. The smallest absolute Gasteiger partial charge is 0.325 e. The zero-order valence-electron chi connectivity index (χ0n) is 15.7. The number of urea groups is 2. The van der Waals surface area contributed by atoms with Crippen LogP contribution < -0.4 is 25.4 Å². The van der Waals surface area contributed by atoms with Crippen LogP contribution in [0.3, 0.4) is 0 Å². The Kier molecular flexibility index (Phi) is 5.39. The lowest BCUT2D eigenvalue weighted by Crippen LogP contribution is -2.47. The van der Waals surface area contributed by atoms with Gasteiger partial charge in [0.2, 0.25) is 12.7 Å². The van der Waals surface area contributed by atoms with Gasteiger partial charge in [0.05, 0.1) is 0 Å². The number of ether oxygens (including phenoxy) is 2. The Labute approximate surface area is 161 Å². The molecule has 6 amide bonds. The molecular formula is C18H22N4O6. The Morgan fingerprint density at radius 1 is 1.25 bits per heavy atom. The molecule has 2 aliphatic heterocycles. The first-order valence-corrected chi connectivity index (χ1v) is 8.97. The quantitative estimate of drug-likeness (QED) is 0.487. The van der Waals surface area contributed by atoms with Crippen LogP contribution in [-0.4, -0.2) is 48.7 Å². The van der Waals surface area contributed by atoms with E-state index in [1.165, 1.54) is 0 Å². The third-order valence-electron chi connectivity index (χ3n) is 4.60. The molecule has 10 heteroatoms. The second-order valence-electron chi connectivity index (χ2n) is 6.67. The van der Waals surface area contributed by atoms with Crippen LogP contribution in [0.4, 0.5) is 9.59 Å². The predicted molar refractivity (Wildman–Crippen MR) is 96.6 cm³/mol. The van der Waals surface area contributed by atoms with E-state index in [1.54, 1.807) is 25.1 Å². The van der Waals surface area contributed by atoms with Gasteiger partial charge in [0.25, 0.3) is 5.91 Å². The number of carbonyl (C=O) groups is 4. The predicted octanol–water partition coefficient (Wildman–Crippen LogP) is 0.808. The van der Waals surface area contributed by atoms with Gasteiger partial charge in [-0.05, 0) is 31.0 Å². The summed E-state index contributed by atoms with van der Waals surface area (Å²) in [5.74, 6) is -0.333. The second-order valence-corrected chi connectivity index (χ2v) is 6.67. The summed E-state index contributed by atoms with van der Waals surface area (Å²) in [7, 11) is 0. The van der Waals surface area contributed by atoms with Gasteiger partial charge in [-0.25, -0.2) is 9.59 Å². The van der Waals surface area contributed by atoms with Crippen molar-refractivity contribution in [1.29, 1.82) is 0 Å². The first kappa shape index (κ1) is 19.5. The van der Waals surface area contributed by atoms with E-state index < -0.39 is 36.0 Å². The number of rotatable bonds is 6. The standard InChI is InChI=1S/C18H22N4O6/c1-3-4-7-19-16(25)20-14(23)9-22-15(24)18(2,21-17(22)26)11-5-6-12-13(8-11)28-10-27-12/h5-6,8H,3-4,7,9-10H2,1-2H3,(H,21,26)(H2,19,20,23,25)/t18-/m0/s1. The van der Waals surface area contributed by atoms with E-state index in [2.05, 4.69) is 16.0 Å². The largest absolute Gasteiger partial charge is 0.454 e. The third kappa shape index (κ3) is 3.71. The molecule has 0 radical (unpaired) electrons. The number of hydrogen-bond acceptors (Lipinski definition) is 6. The zero-order chi connectivity index (χ0) is 20.3. The fourth-order valence-corrected chi connectivity index (χ4v) is 2.98. The highest BCUT2D eigenvalue weighted by Crippen LogP contribution is 2.37. The van der Waals surface area contributed by atoms with Crippen LogP contribution in [-0.2, 0) is 15.1 Å². The van der Waals surface area contributed by atoms with Crippen molar-refractivity contribution >= 4 is 23.9 Å². The summed E-state index contributed by atoms with van der Waals surface area (Å²) in [5, 5.41) is 7.23. The molecule has 10 nitrogen and oxygen atoms in total. The van der Waals surface area contributed by atoms with Crippen molar-refractivity contribution in [2.24, 2.45) is 0 Å². The highest BCUT2D eigenvalue weighted by Gasteiger charge is 2.50. The van der Waals surface area contributed by atoms with E-state index in [0.717, 1.165) is 17.7 Å². The summed E-state index contributed by atoms with van der Waals surface area (Å²) in [6, 6.07) is 3.54. The van der Waals surface area contributed by atoms with Gasteiger partial charge in [0.1, 0.15) is 12.1 Å². The maximum atomic E-state index is 12.9. The van der Waals surface area contributed by atoms with Crippen LogP contribution in [0.15, 0.2) is 18.2 Å². The zero-order valence-corrected chi connectivity index (χ0v) is 15.7. The third-order valence-corrected chi connectivity index (χ3v) is 4.60. The average molecular weight is 390 g/mol. The number of fused-ring (bicyclic) bond motifs is 1. The number of nitrogens with zero attached hydrogens (tertiary/aromatic N) is 1. The van der Waals surface area contributed by atoms with Gasteiger partial charge in [0.15, 0.2) is 11.5 Å². The van der Waals surface area contributed by atoms with Gasteiger partial charge < -0.3 is 20.1 Å². The van der Waals surface area contributed by atoms with E-state index >= 15 is 0 Å². The molecule has 1 fully saturated rings. The summed E-state index contributed by atoms with van der Waals surface area (Å²) in [6.45, 7) is 3.47. The van der Waals surface area contributed by atoms with E-state index in [4.69, 9.17) is 9.47 Å². The first-order chi connectivity index (χ1) is 13.3. The fourth-order valence-electron chi connectivity index (χ4n) is 2.98. The molecule has 0 bridgehead atoms. The molecule has 1 atom stereocenters. The molecule has 0 aliphatic carbocycles. The monoisotopic (exact) mass is 390 g/mol. The molecule has 0 unspecified atom stereocenters. The minimum absolute atomic E-state index is 0.0857. The molecular weight excluding hydrogens is 368 g/mol. The Balaban J connectivity index is 1.66. The van der Waals surface area contributed by atoms with E-state index in [9.17, 15) is 19.2 Å².